The predicted molar refractivity (Wildman–Crippen MR) is 94.7 cm³/mol. The van der Waals surface area contributed by atoms with Gasteiger partial charge in [-0.15, -0.1) is 22.7 Å². The fourth-order valence-electron chi connectivity index (χ4n) is 2.19. The van der Waals surface area contributed by atoms with E-state index in [1.165, 1.54) is 9.40 Å². The third-order valence-electron chi connectivity index (χ3n) is 3.21. The minimum absolute atomic E-state index is 0.117. The second kappa shape index (κ2) is 6.73. The van der Waals surface area contributed by atoms with Gasteiger partial charge in [-0.1, -0.05) is 46.3 Å². The van der Waals surface area contributed by atoms with Crippen molar-refractivity contribution in [1.29, 1.82) is 0 Å². The summed E-state index contributed by atoms with van der Waals surface area (Å²) < 4.78 is 2.39. The molecule has 3 aromatic rings. The van der Waals surface area contributed by atoms with Gasteiger partial charge in [0.05, 0.1) is 4.88 Å². The zero-order valence-electron chi connectivity index (χ0n) is 11.3. The Hall–Kier alpha value is -1.17. The van der Waals surface area contributed by atoms with E-state index in [1.54, 1.807) is 22.7 Å². The molecule has 2 nitrogen and oxygen atoms in total. The van der Waals surface area contributed by atoms with Gasteiger partial charge in [0.2, 0.25) is 0 Å². The van der Waals surface area contributed by atoms with Crippen LogP contribution in [0.15, 0.2) is 47.8 Å². The highest BCUT2D eigenvalue weighted by molar-refractivity contribution is 9.09. The Balaban J connectivity index is 1.82. The summed E-state index contributed by atoms with van der Waals surface area (Å²) in [5.41, 5.74) is 1.16. The van der Waals surface area contributed by atoms with Gasteiger partial charge in [0.15, 0.2) is 0 Å². The molecule has 0 radical (unpaired) electrons. The molecular formula is C16H14BrNOS2. The minimum Gasteiger partial charge on any atom is -0.333 e. The molecule has 0 atom stereocenters. The number of rotatable bonds is 5. The maximum Gasteiger partial charge on any atom is 0.264 e. The van der Waals surface area contributed by atoms with Crippen LogP contribution in [0.25, 0.3) is 9.40 Å². The summed E-state index contributed by atoms with van der Waals surface area (Å²) in [6.07, 6.45) is 0. The fourth-order valence-corrected chi connectivity index (χ4v) is 4.69. The zero-order valence-corrected chi connectivity index (χ0v) is 14.5. The number of fused-ring (bicyclic) bond motifs is 1. The van der Waals surface area contributed by atoms with Crippen LogP contribution in [0.3, 0.4) is 0 Å². The summed E-state index contributed by atoms with van der Waals surface area (Å²) in [4.78, 5) is 15.5. The molecule has 21 heavy (non-hydrogen) atoms. The smallest absolute Gasteiger partial charge is 0.264 e. The molecule has 108 valence electrons. The lowest BCUT2D eigenvalue weighted by molar-refractivity contribution is 0.0759. The molecule has 1 aromatic carbocycles. The third kappa shape index (κ3) is 3.36. The highest BCUT2D eigenvalue weighted by atomic mass is 79.9. The van der Waals surface area contributed by atoms with E-state index in [-0.39, 0.29) is 5.91 Å². The van der Waals surface area contributed by atoms with Crippen LogP contribution in [0.2, 0.25) is 0 Å². The van der Waals surface area contributed by atoms with Gasteiger partial charge in [0.25, 0.3) is 5.91 Å². The third-order valence-corrected chi connectivity index (χ3v) is 5.64. The molecule has 0 unspecified atom stereocenters. The van der Waals surface area contributed by atoms with Crippen molar-refractivity contribution in [3.8, 4) is 0 Å². The van der Waals surface area contributed by atoms with E-state index in [1.807, 2.05) is 29.2 Å². The number of carbonyl (C=O) groups is 1. The van der Waals surface area contributed by atoms with Gasteiger partial charge in [0.1, 0.15) is 0 Å². The monoisotopic (exact) mass is 379 g/mol. The average Bonchev–Trinajstić information content (AvgIpc) is 3.08. The van der Waals surface area contributed by atoms with Crippen LogP contribution in [-0.2, 0) is 6.54 Å². The van der Waals surface area contributed by atoms with Gasteiger partial charge in [0, 0.05) is 27.8 Å². The molecule has 0 aliphatic rings. The normalized spacial score (nSPS) is 10.9. The first-order chi connectivity index (χ1) is 10.3. The molecule has 0 spiro atoms. The Morgan fingerprint density at radius 1 is 1.14 bits per heavy atom. The van der Waals surface area contributed by atoms with E-state index >= 15 is 0 Å². The maximum absolute atomic E-state index is 12.7. The molecule has 0 aliphatic heterocycles. The Labute approximate surface area is 140 Å². The summed E-state index contributed by atoms with van der Waals surface area (Å²) >= 11 is 6.71. The van der Waals surface area contributed by atoms with Gasteiger partial charge in [-0.05, 0) is 23.1 Å². The van der Waals surface area contributed by atoms with E-state index in [4.69, 9.17) is 0 Å². The Morgan fingerprint density at radius 2 is 1.95 bits per heavy atom. The summed E-state index contributed by atoms with van der Waals surface area (Å²) in [7, 11) is 0. The van der Waals surface area contributed by atoms with E-state index < -0.39 is 0 Å². The van der Waals surface area contributed by atoms with Crippen LogP contribution in [0.1, 0.15) is 15.2 Å². The molecule has 0 bridgehead atoms. The zero-order chi connectivity index (χ0) is 14.7. The number of thiophene rings is 2. The van der Waals surface area contributed by atoms with Crippen LogP contribution in [0.5, 0.6) is 0 Å². The Bertz CT molecular complexity index is 706. The Morgan fingerprint density at radius 3 is 2.67 bits per heavy atom. The number of hydrogen-bond acceptors (Lipinski definition) is 3. The highest BCUT2D eigenvalue weighted by Crippen LogP contribution is 2.30. The molecule has 0 saturated carbocycles. The number of alkyl halides is 1. The molecule has 1 amide bonds. The van der Waals surface area contributed by atoms with Crippen molar-refractivity contribution in [2.45, 2.75) is 6.54 Å². The van der Waals surface area contributed by atoms with Crippen LogP contribution in [0.4, 0.5) is 0 Å². The van der Waals surface area contributed by atoms with Crippen molar-refractivity contribution in [2.75, 3.05) is 11.9 Å². The van der Waals surface area contributed by atoms with Crippen LogP contribution >= 0.6 is 38.6 Å². The largest absolute Gasteiger partial charge is 0.333 e. The van der Waals surface area contributed by atoms with Crippen LogP contribution < -0.4 is 0 Å². The molecular weight excluding hydrogens is 366 g/mol. The van der Waals surface area contributed by atoms with Crippen LogP contribution in [-0.4, -0.2) is 22.7 Å². The first-order valence-electron chi connectivity index (χ1n) is 6.64. The summed E-state index contributed by atoms with van der Waals surface area (Å²) in [6.45, 7) is 1.36. The van der Waals surface area contributed by atoms with Crippen molar-refractivity contribution in [3.05, 3.63) is 58.3 Å². The van der Waals surface area contributed by atoms with Crippen molar-refractivity contribution in [3.63, 3.8) is 0 Å². The second-order valence-corrected chi connectivity index (χ2v) is 7.49. The number of halogens is 1. The van der Waals surface area contributed by atoms with Gasteiger partial charge in [-0.25, -0.2) is 0 Å². The van der Waals surface area contributed by atoms with E-state index in [2.05, 4.69) is 39.5 Å². The van der Waals surface area contributed by atoms with Gasteiger partial charge in [-0.3, -0.25) is 4.79 Å². The highest BCUT2D eigenvalue weighted by Gasteiger charge is 2.18. The average molecular weight is 380 g/mol. The maximum atomic E-state index is 12.7. The number of amides is 1. The number of benzene rings is 1. The molecule has 3 rings (SSSR count). The quantitative estimate of drug-likeness (QED) is 0.571. The molecule has 0 aliphatic carbocycles. The summed E-state index contributed by atoms with van der Waals surface area (Å²) in [6, 6.07) is 14.2. The van der Waals surface area contributed by atoms with E-state index in [9.17, 15) is 4.79 Å². The number of carbonyl (C=O) groups excluding carboxylic acids is 1. The van der Waals surface area contributed by atoms with Gasteiger partial charge < -0.3 is 4.90 Å². The summed E-state index contributed by atoms with van der Waals surface area (Å²) in [5.74, 6) is 0.117. The second-order valence-electron chi connectivity index (χ2n) is 4.66. The first kappa shape index (κ1) is 14.8. The lowest BCUT2D eigenvalue weighted by atomic mass is 10.2. The Kier molecular flexibility index (Phi) is 4.73. The standard InChI is InChI=1S/C16H14BrNOS2/c17-7-8-18(11-12-4-2-1-3-5-12)16(19)15-10-14-13(21-15)6-9-20-14/h1-6,9-10H,7-8,11H2. The lowest BCUT2D eigenvalue weighted by Crippen LogP contribution is -2.31. The minimum atomic E-state index is 0.117. The van der Waals surface area contributed by atoms with Crippen molar-refractivity contribution < 1.29 is 4.79 Å². The molecule has 2 aromatic heterocycles. The molecule has 2 heterocycles. The predicted octanol–water partition coefficient (Wildman–Crippen LogP) is 5.00. The van der Waals surface area contributed by atoms with Gasteiger partial charge in [-0.2, -0.15) is 0 Å². The SMILES string of the molecule is O=C(c1cc2sccc2s1)N(CCBr)Cc1ccccc1. The molecule has 0 N–H and O–H groups in total. The van der Waals surface area contributed by atoms with E-state index in [0.717, 1.165) is 15.8 Å². The molecule has 5 heteroatoms. The molecule has 0 saturated heterocycles. The number of hydrogen-bond donors (Lipinski definition) is 0. The lowest BCUT2D eigenvalue weighted by Gasteiger charge is -2.21. The molecule has 0 fully saturated rings. The summed E-state index contributed by atoms with van der Waals surface area (Å²) in [5, 5.41) is 2.85. The van der Waals surface area contributed by atoms with E-state index in [0.29, 0.717) is 13.1 Å². The van der Waals surface area contributed by atoms with Crippen LogP contribution in [0, 0.1) is 0 Å². The van der Waals surface area contributed by atoms with Gasteiger partial charge >= 0.3 is 0 Å². The number of nitrogens with zero attached hydrogens (tertiary/aromatic N) is 1. The topological polar surface area (TPSA) is 20.3 Å². The van der Waals surface area contributed by atoms with Crippen molar-refractivity contribution in [2.24, 2.45) is 0 Å². The van der Waals surface area contributed by atoms with Crippen molar-refractivity contribution >= 4 is 53.9 Å². The first-order valence-corrected chi connectivity index (χ1v) is 9.46. The van der Waals surface area contributed by atoms with Crippen molar-refractivity contribution in [1.82, 2.24) is 4.90 Å². The fraction of sp³-hybridized carbons (Fsp3) is 0.188.